The number of allylic oxidation sites excluding steroid dienone is 5. The largest absolute Gasteiger partial charge is 0.301 e. The number of rotatable bonds is 6. The molecule has 0 N–H and O–H groups in total. The van der Waals surface area contributed by atoms with Crippen LogP contribution >= 0.6 is 0 Å². The summed E-state index contributed by atoms with van der Waals surface area (Å²) >= 11 is 0. The molecule has 0 aromatic heterocycles. The molecular weight excluding hydrogens is 237 g/mol. The van der Waals surface area contributed by atoms with E-state index in [2.05, 4.69) is 50.5 Å². The van der Waals surface area contributed by atoms with Crippen LogP contribution in [0, 0.1) is 11.8 Å². The lowest BCUT2D eigenvalue weighted by atomic mass is 9.89. The molecule has 1 aliphatic heterocycles. The van der Waals surface area contributed by atoms with Crippen molar-refractivity contribution in [1.82, 2.24) is 4.90 Å². The van der Waals surface area contributed by atoms with E-state index in [1.807, 2.05) is 0 Å². The van der Waals surface area contributed by atoms with Gasteiger partial charge in [-0.15, -0.1) is 0 Å². The molecule has 2 heteroatoms. The third-order valence-corrected chi connectivity index (χ3v) is 4.00. The molecule has 1 aliphatic rings. The van der Waals surface area contributed by atoms with Gasteiger partial charge in [0.2, 0.25) is 0 Å². The first kappa shape index (κ1) is 16.2. The van der Waals surface area contributed by atoms with E-state index in [0.717, 1.165) is 25.9 Å². The highest BCUT2D eigenvalue weighted by molar-refractivity contribution is 5.28. The summed E-state index contributed by atoms with van der Waals surface area (Å²) in [5, 5.41) is 0. The number of likely N-dealkylation sites (tertiary alicyclic amines) is 1. The Bertz CT molecular complexity index is 333. The van der Waals surface area contributed by atoms with Crippen molar-refractivity contribution in [2.75, 3.05) is 26.3 Å². The van der Waals surface area contributed by atoms with Gasteiger partial charge >= 0.3 is 0 Å². The first-order valence-electron chi connectivity index (χ1n) is 7.39. The van der Waals surface area contributed by atoms with E-state index in [4.69, 9.17) is 0 Å². The quantitative estimate of drug-likeness (QED) is 0.644. The van der Waals surface area contributed by atoms with Crippen LogP contribution in [0.3, 0.4) is 0 Å². The summed E-state index contributed by atoms with van der Waals surface area (Å²) in [6, 6.07) is 0. The zero-order chi connectivity index (χ0) is 14.3. The first-order chi connectivity index (χ1) is 9.08. The zero-order valence-electron chi connectivity index (χ0n) is 12.7. The van der Waals surface area contributed by atoms with Crippen LogP contribution in [0.1, 0.15) is 33.6 Å². The SMILES string of the molecule is C=C(/C=C\C(=C/C)C(C)C)C1CCN(CCF)CC1. The predicted octanol–water partition coefficient (Wildman–Crippen LogP) is 4.38. The Labute approximate surface area is 117 Å². The van der Waals surface area contributed by atoms with Gasteiger partial charge in [-0.05, 0) is 50.3 Å². The second kappa shape index (κ2) is 8.31. The molecular formula is C17H28FN. The normalized spacial score (nSPS) is 19.5. The molecule has 0 saturated carbocycles. The number of nitrogens with zero attached hydrogens (tertiary/aromatic N) is 1. The highest BCUT2D eigenvalue weighted by atomic mass is 19.1. The Morgan fingerprint density at radius 2 is 1.95 bits per heavy atom. The summed E-state index contributed by atoms with van der Waals surface area (Å²) in [6.07, 6.45) is 8.75. The van der Waals surface area contributed by atoms with E-state index in [-0.39, 0.29) is 6.67 Å². The van der Waals surface area contributed by atoms with E-state index < -0.39 is 0 Å². The van der Waals surface area contributed by atoms with Gasteiger partial charge < -0.3 is 4.90 Å². The Kier molecular flexibility index (Phi) is 7.07. The zero-order valence-corrected chi connectivity index (χ0v) is 12.7. The van der Waals surface area contributed by atoms with Crippen molar-refractivity contribution < 1.29 is 4.39 Å². The molecule has 1 fully saturated rings. The minimum atomic E-state index is -0.232. The minimum Gasteiger partial charge on any atom is -0.301 e. The number of hydrogen-bond acceptors (Lipinski definition) is 1. The van der Waals surface area contributed by atoms with Crippen LogP contribution in [-0.2, 0) is 0 Å². The van der Waals surface area contributed by atoms with Crippen LogP contribution in [0.25, 0.3) is 0 Å². The van der Waals surface area contributed by atoms with Crippen molar-refractivity contribution >= 4 is 0 Å². The molecule has 1 saturated heterocycles. The summed E-state index contributed by atoms with van der Waals surface area (Å²) in [7, 11) is 0. The van der Waals surface area contributed by atoms with Crippen molar-refractivity contribution in [3.63, 3.8) is 0 Å². The second-order valence-corrected chi connectivity index (χ2v) is 5.66. The van der Waals surface area contributed by atoms with Gasteiger partial charge in [0.25, 0.3) is 0 Å². The molecule has 0 aromatic rings. The molecule has 1 rings (SSSR count). The maximum atomic E-state index is 12.3. The molecule has 0 unspecified atom stereocenters. The van der Waals surface area contributed by atoms with Gasteiger partial charge in [0, 0.05) is 6.54 Å². The van der Waals surface area contributed by atoms with Gasteiger partial charge in [0.1, 0.15) is 6.67 Å². The number of alkyl halides is 1. The summed E-state index contributed by atoms with van der Waals surface area (Å²) in [5.41, 5.74) is 2.58. The molecule has 0 bridgehead atoms. The van der Waals surface area contributed by atoms with Crippen LogP contribution < -0.4 is 0 Å². The fourth-order valence-corrected chi connectivity index (χ4v) is 2.61. The number of halogens is 1. The lowest BCUT2D eigenvalue weighted by Gasteiger charge is -2.31. The van der Waals surface area contributed by atoms with E-state index >= 15 is 0 Å². The Balaban J connectivity index is 2.45. The Morgan fingerprint density at radius 1 is 1.32 bits per heavy atom. The molecule has 108 valence electrons. The van der Waals surface area contributed by atoms with Crippen LogP contribution in [0.4, 0.5) is 4.39 Å². The Morgan fingerprint density at radius 3 is 2.42 bits per heavy atom. The molecule has 0 radical (unpaired) electrons. The fourth-order valence-electron chi connectivity index (χ4n) is 2.61. The molecule has 0 aromatic carbocycles. The van der Waals surface area contributed by atoms with Crippen molar-refractivity contribution in [3.8, 4) is 0 Å². The van der Waals surface area contributed by atoms with Gasteiger partial charge in [-0.2, -0.15) is 0 Å². The van der Waals surface area contributed by atoms with Crippen molar-refractivity contribution in [3.05, 3.63) is 36.0 Å². The van der Waals surface area contributed by atoms with Gasteiger partial charge in [0.05, 0.1) is 0 Å². The molecule has 19 heavy (non-hydrogen) atoms. The molecule has 1 nitrogen and oxygen atoms in total. The molecule has 0 amide bonds. The standard InChI is InChI=1S/C17H28FN/c1-5-16(14(2)3)7-6-15(4)17-8-11-19(12-9-17)13-10-18/h5-7,14,17H,4,8-13H2,1-3H3/b7-6-,16-5+. The van der Waals surface area contributed by atoms with Gasteiger partial charge in [0.15, 0.2) is 0 Å². The summed E-state index contributed by atoms with van der Waals surface area (Å²) < 4.78 is 12.3. The lowest BCUT2D eigenvalue weighted by Crippen LogP contribution is -2.35. The third-order valence-electron chi connectivity index (χ3n) is 4.00. The number of piperidine rings is 1. The van der Waals surface area contributed by atoms with E-state index in [1.165, 1.54) is 11.1 Å². The highest BCUT2D eigenvalue weighted by Gasteiger charge is 2.19. The van der Waals surface area contributed by atoms with Crippen LogP contribution in [-0.4, -0.2) is 31.2 Å². The summed E-state index contributed by atoms with van der Waals surface area (Å²) in [5.74, 6) is 1.12. The molecule has 0 spiro atoms. The average Bonchev–Trinajstić information content (AvgIpc) is 2.40. The summed E-state index contributed by atoms with van der Waals surface area (Å²) in [4.78, 5) is 2.21. The average molecular weight is 265 g/mol. The van der Waals surface area contributed by atoms with Crippen LogP contribution in [0.15, 0.2) is 36.0 Å². The Hall–Kier alpha value is -0.890. The van der Waals surface area contributed by atoms with Crippen molar-refractivity contribution in [2.24, 2.45) is 11.8 Å². The minimum absolute atomic E-state index is 0.232. The fraction of sp³-hybridized carbons (Fsp3) is 0.647. The van der Waals surface area contributed by atoms with Crippen LogP contribution in [0.5, 0.6) is 0 Å². The topological polar surface area (TPSA) is 3.24 Å². The van der Waals surface area contributed by atoms with E-state index in [0.29, 0.717) is 18.4 Å². The first-order valence-corrected chi connectivity index (χ1v) is 7.39. The van der Waals surface area contributed by atoms with Gasteiger partial charge in [-0.1, -0.05) is 44.2 Å². The van der Waals surface area contributed by atoms with Crippen molar-refractivity contribution in [1.29, 1.82) is 0 Å². The highest BCUT2D eigenvalue weighted by Crippen LogP contribution is 2.25. The maximum absolute atomic E-state index is 12.3. The lowest BCUT2D eigenvalue weighted by molar-refractivity contribution is 0.186. The monoisotopic (exact) mass is 265 g/mol. The molecule has 0 atom stereocenters. The second-order valence-electron chi connectivity index (χ2n) is 5.66. The van der Waals surface area contributed by atoms with Gasteiger partial charge in [-0.3, -0.25) is 0 Å². The maximum Gasteiger partial charge on any atom is 0.102 e. The molecule has 0 aliphatic carbocycles. The van der Waals surface area contributed by atoms with Crippen molar-refractivity contribution in [2.45, 2.75) is 33.6 Å². The number of hydrogen-bond donors (Lipinski definition) is 0. The van der Waals surface area contributed by atoms with E-state index in [9.17, 15) is 4.39 Å². The van der Waals surface area contributed by atoms with Gasteiger partial charge in [-0.25, -0.2) is 4.39 Å². The van der Waals surface area contributed by atoms with Crippen LogP contribution in [0.2, 0.25) is 0 Å². The van der Waals surface area contributed by atoms with E-state index in [1.54, 1.807) is 0 Å². The predicted molar refractivity (Wildman–Crippen MR) is 82.0 cm³/mol. The third kappa shape index (κ3) is 5.32. The smallest absolute Gasteiger partial charge is 0.102 e. The molecule has 1 heterocycles. The summed E-state index contributed by atoms with van der Waals surface area (Å²) in [6.45, 7) is 13.1.